The minimum Gasteiger partial charge on any atom is -0.377 e. The van der Waals surface area contributed by atoms with E-state index in [1.54, 1.807) is 0 Å². The van der Waals surface area contributed by atoms with E-state index in [1.165, 1.54) is 5.01 Å². The van der Waals surface area contributed by atoms with Gasteiger partial charge < -0.3 is 5.11 Å². The van der Waals surface area contributed by atoms with Gasteiger partial charge in [-0.05, 0) is 12.8 Å². The Morgan fingerprint density at radius 1 is 1.71 bits per heavy atom. The molecule has 0 aromatic rings. The molecule has 1 aliphatic heterocycles. The van der Waals surface area contributed by atoms with Gasteiger partial charge in [0.05, 0.1) is 0 Å². The van der Waals surface area contributed by atoms with Gasteiger partial charge in [0.15, 0.2) is 0 Å². The first-order valence-electron chi connectivity index (χ1n) is 2.50. The molecule has 1 saturated heterocycles. The number of nitrogens with zero attached hydrogens (tertiary/aromatic N) is 1. The molecular formula is C4H10N2O. The summed E-state index contributed by atoms with van der Waals surface area (Å²) in [5.41, 5.74) is 0. The van der Waals surface area contributed by atoms with Crippen LogP contribution in [0.25, 0.3) is 0 Å². The maximum Gasteiger partial charge on any atom is 0.119 e. The van der Waals surface area contributed by atoms with Crippen molar-refractivity contribution in [3.63, 3.8) is 0 Å². The molecular weight excluding hydrogens is 92.1 g/mol. The van der Waals surface area contributed by atoms with E-state index >= 15 is 0 Å². The molecule has 0 spiro atoms. The van der Waals surface area contributed by atoms with Gasteiger partial charge in [-0.3, -0.25) is 5.84 Å². The van der Waals surface area contributed by atoms with E-state index in [0.717, 1.165) is 19.4 Å². The van der Waals surface area contributed by atoms with Gasteiger partial charge in [-0.1, -0.05) is 0 Å². The van der Waals surface area contributed by atoms with Crippen LogP contribution in [0.4, 0.5) is 0 Å². The molecule has 1 unspecified atom stereocenters. The highest BCUT2D eigenvalue weighted by molar-refractivity contribution is 4.63. The van der Waals surface area contributed by atoms with Crippen LogP contribution < -0.4 is 5.84 Å². The van der Waals surface area contributed by atoms with Crippen molar-refractivity contribution in [2.24, 2.45) is 5.84 Å². The van der Waals surface area contributed by atoms with Crippen LogP contribution >= 0.6 is 0 Å². The first-order valence-corrected chi connectivity index (χ1v) is 2.50. The zero-order chi connectivity index (χ0) is 5.28. The highest BCUT2D eigenvalue weighted by atomic mass is 16.3. The molecule has 1 rings (SSSR count). The smallest absolute Gasteiger partial charge is 0.119 e. The Hall–Kier alpha value is -0.120. The van der Waals surface area contributed by atoms with Crippen LogP contribution in [0.3, 0.4) is 0 Å². The fraction of sp³-hybridized carbons (Fsp3) is 1.00. The van der Waals surface area contributed by atoms with Crippen molar-refractivity contribution in [3.8, 4) is 0 Å². The second kappa shape index (κ2) is 1.78. The van der Waals surface area contributed by atoms with Gasteiger partial charge >= 0.3 is 0 Å². The number of aliphatic hydroxyl groups is 1. The molecule has 42 valence electrons. The predicted octanol–water partition coefficient (Wildman–Crippen LogP) is -0.726. The molecule has 1 atom stereocenters. The van der Waals surface area contributed by atoms with Gasteiger partial charge in [0.25, 0.3) is 0 Å². The minimum atomic E-state index is -0.375. The molecule has 0 aliphatic carbocycles. The number of nitrogens with two attached hydrogens (primary N) is 1. The standard InChI is InChI=1S/C4H10N2O/c5-6-3-1-2-4(6)7/h4,7H,1-3,5H2. The van der Waals surface area contributed by atoms with Crippen LogP contribution in [0.1, 0.15) is 12.8 Å². The predicted molar refractivity (Wildman–Crippen MR) is 26.1 cm³/mol. The summed E-state index contributed by atoms with van der Waals surface area (Å²) in [5, 5.41) is 10.3. The summed E-state index contributed by atoms with van der Waals surface area (Å²) in [6.07, 6.45) is 1.48. The fourth-order valence-electron chi connectivity index (χ4n) is 0.771. The number of hydrogen-bond donors (Lipinski definition) is 2. The Morgan fingerprint density at radius 2 is 2.43 bits per heavy atom. The van der Waals surface area contributed by atoms with Crippen LogP contribution in [-0.4, -0.2) is 22.9 Å². The Balaban J connectivity index is 2.33. The average Bonchev–Trinajstić information content (AvgIpc) is 1.91. The summed E-state index contributed by atoms with van der Waals surface area (Å²) in [6.45, 7) is 0.834. The summed E-state index contributed by atoms with van der Waals surface area (Å²) < 4.78 is 0. The van der Waals surface area contributed by atoms with E-state index < -0.39 is 0 Å². The lowest BCUT2D eigenvalue weighted by Crippen LogP contribution is -2.35. The number of aliphatic hydroxyl groups excluding tert-OH is 1. The van der Waals surface area contributed by atoms with Crippen LogP contribution in [0.5, 0.6) is 0 Å². The summed E-state index contributed by atoms with van der Waals surface area (Å²) in [4.78, 5) is 0. The molecule has 0 aromatic heterocycles. The van der Waals surface area contributed by atoms with E-state index in [1.807, 2.05) is 0 Å². The Kier molecular flexibility index (Phi) is 1.27. The maximum absolute atomic E-state index is 8.80. The molecule has 0 amide bonds. The highest BCUT2D eigenvalue weighted by Crippen LogP contribution is 2.08. The molecule has 3 heteroatoms. The van der Waals surface area contributed by atoms with Crippen LogP contribution in [-0.2, 0) is 0 Å². The normalized spacial score (nSPS) is 34.3. The Bertz CT molecular complexity index is 58.7. The van der Waals surface area contributed by atoms with Gasteiger partial charge in [-0.2, -0.15) is 0 Å². The van der Waals surface area contributed by atoms with Gasteiger partial charge in [-0.25, -0.2) is 5.01 Å². The monoisotopic (exact) mass is 102 g/mol. The van der Waals surface area contributed by atoms with Crippen molar-refractivity contribution in [3.05, 3.63) is 0 Å². The largest absolute Gasteiger partial charge is 0.377 e. The highest BCUT2D eigenvalue weighted by Gasteiger charge is 2.17. The van der Waals surface area contributed by atoms with Crippen molar-refractivity contribution in [1.29, 1.82) is 0 Å². The van der Waals surface area contributed by atoms with Gasteiger partial charge in [0.2, 0.25) is 0 Å². The van der Waals surface area contributed by atoms with Crippen LogP contribution in [0.15, 0.2) is 0 Å². The lowest BCUT2D eigenvalue weighted by Gasteiger charge is -2.10. The van der Waals surface area contributed by atoms with Gasteiger partial charge in [0.1, 0.15) is 6.23 Å². The van der Waals surface area contributed by atoms with Gasteiger partial charge in [-0.15, -0.1) is 0 Å². The lowest BCUT2D eigenvalue weighted by molar-refractivity contribution is 0.0381. The first kappa shape index (κ1) is 5.03. The third-order valence-electron chi connectivity index (χ3n) is 1.26. The number of hydrogen-bond acceptors (Lipinski definition) is 3. The van der Waals surface area contributed by atoms with Crippen molar-refractivity contribution >= 4 is 0 Å². The van der Waals surface area contributed by atoms with Crippen molar-refractivity contribution < 1.29 is 5.11 Å². The molecule has 0 aromatic carbocycles. The van der Waals surface area contributed by atoms with Crippen molar-refractivity contribution in [2.45, 2.75) is 19.1 Å². The molecule has 1 heterocycles. The molecule has 7 heavy (non-hydrogen) atoms. The number of hydrazine groups is 1. The molecule has 1 aliphatic rings. The zero-order valence-corrected chi connectivity index (χ0v) is 4.17. The average molecular weight is 102 g/mol. The van der Waals surface area contributed by atoms with E-state index in [4.69, 9.17) is 10.9 Å². The van der Waals surface area contributed by atoms with Crippen LogP contribution in [0, 0.1) is 0 Å². The molecule has 3 nitrogen and oxygen atoms in total. The van der Waals surface area contributed by atoms with Crippen molar-refractivity contribution in [2.75, 3.05) is 6.54 Å². The van der Waals surface area contributed by atoms with E-state index in [2.05, 4.69) is 0 Å². The van der Waals surface area contributed by atoms with E-state index in [-0.39, 0.29) is 6.23 Å². The molecule has 0 bridgehead atoms. The lowest BCUT2D eigenvalue weighted by atomic mass is 10.4. The SMILES string of the molecule is NN1CCCC1O. The van der Waals surface area contributed by atoms with Crippen LogP contribution in [0.2, 0.25) is 0 Å². The topological polar surface area (TPSA) is 49.5 Å². The maximum atomic E-state index is 8.80. The second-order valence-electron chi connectivity index (χ2n) is 1.86. The summed E-state index contributed by atoms with van der Waals surface area (Å²) >= 11 is 0. The number of rotatable bonds is 0. The third kappa shape index (κ3) is 0.907. The zero-order valence-electron chi connectivity index (χ0n) is 4.17. The molecule has 3 N–H and O–H groups in total. The Morgan fingerprint density at radius 3 is 2.57 bits per heavy atom. The Labute approximate surface area is 42.7 Å². The third-order valence-corrected chi connectivity index (χ3v) is 1.26. The second-order valence-corrected chi connectivity index (χ2v) is 1.86. The molecule has 1 fully saturated rings. The first-order chi connectivity index (χ1) is 3.30. The van der Waals surface area contributed by atoms with E-state index in [0.29, 0.717) is 0 Å². The molecule has 0 radical (unpaired) electrons. The van der Waals surface area contributed by atoms with E-state index in [9.17, 15) is 0 Å². The minimum absolute atomic E-state index is 0.375. The molecule has 0 saturated carbocycles. The van der Waals surface area contributed by atoms with Crippen molar-refractivity contribution in [1.82, 2.24) is 5.01 Å². The fourth-order valence-corrected chi connectivity index (χ4v) is 0.771. The quantitative estimate of drug-likeness (QED) is 0.397. The summed E-state index contributed by atoms with van der Waals surface area (Å²) in [7, 11) is 0. The van der Waals surface area contributed by atoms with Gasteiger partial charge in [0, 0.05) is 6.54 Å². The summed E-state index contributed by atoms with van der Waals surface area (Å²) in [5.74, 6) is 5.26. The summed E-state index contributed by atoms with van der Waals surface area (Å²) in [6, 6.07) is 0.